The first-order valence-corrected chi connectivity index (χ1v) is 7.65. The van der Waals surface area contributed by atoms with E-state index >= 15 is 0 Å². The number of aromatic amines is 2. The summed E-state index contributed by atoms with van der Waals surface area (Å²) in [7, 11) is 0. The summed E-state index contributed by atoms with van der Waals surface area (Å²) in [6.07, 6.45) is 2.76. The van der Waals surface area contributed by atoms with Crippen LogP contribution in [0.3, 0.4) is 0 Å². The van der Waals surface area contributed by atoms with Crippen molar-refractivity contribution in [1.82, 2.24) is 19.9 Å². The Morgan fingerprint density at radius 3 is 3.00 bits per heavy atom. The van der Waals surface area contributed by atoms with Gasteiger partial charge in [0.15, 0.2) is 18.3 Å². The van der Waals surface area contributed by atoms with Crippen LogP contribution in [0.2, 0.25) is 0 Å². The van der Waals surface area contributed by atoms with Gasteiger partial charge in [-0.2, -0.15) is 0 Å². The molecule has 0 aliphatic carbocycles. The van der Waals surface area contributed by atoms with Crippen LogP contribution in [0, 0.1) is 0 Å². The van der Waals surface area contributed by atoms with Gasteiger partial charge in [-0.15, -0.1) is 0 Å². The first-order valence-electron chi connectivity index (χ1n) is 7.65. The fourth-order valence-corrected chi connectivity index (χ4v) is 3.03. The Labute approximate surface area is 131 Å². The highest BCUT2D eigenvalue weighted by Crippen LogP contribution is 2.39. The average molecular weight is 309 g/mol. The van der Waals surface area contributed by atoms with E-state index in [1.807, 2.05) is 28.0 Å². The van der Waals surface area contributed by atoms with E-state index in [1.165, 1.54) is 0 Å². The number of rotatable bonds is 2. The maximum absolute atomic E-state index is 12.3. The fourth-order valence-electron chi connectivity index (χ4n) is 3.03. The molecule has 2 aliphatic rings. The molecule has 0 spiro atoms. The molecular weight excluding hydrogens is 294 g/mol. The lowest BCUT2D eigenvalue weighted by atomic mass is 10.2. The van der Waals surface area contributed by atoms with Gasteiger partial charge in [-0.1, -0.05) is 0 Å². The van der Waals surface area contributed by atoms with Crippen LogP contribution in [0.15, 0.2) is 30.6 Å². The molecule has 1 fully saturated rings. The highest BCUT2D eigenvalue weighted by atomic mass is 16.5. The fraction of sp³-hybridized carbons (Fsp3) is 0.250. The van der Waals surface area contributed by atoms with Gasteiger partial charge >= 0.3 is 0 Å². The molecule has 0 bridgehead atoms. The van der Waals surface area contributed by atoms with Crippen molar-refractivity contribution in [1.29, 1.82) is 0 Å². The molecule has 0 radical (unpaired) electrons. The molecule has 2 aromatic heterocycles. The Morgan fingerprint density at radius 2 is 2.17 bits per heavy atom. The molecule has 0 unspecified atom stereocenters. The van der Waals surface area contributed by atoms with Crippen molar-refractivity contribution < 1.29 is 9.53 Å². The van der Waals surface area contributed by atoms with E-state index in [9.17, 15) is 4.79 Å². The van der Waals surface area contributed by atoms with Crippen LogP contribution in [-0.2, 0) is 0 Å². The number of likely N-dealkylation sites (tertiary alicyclic amines) is 1. The van der Waals surface area contributed by atoms with Crippen LogP contribution in [0.4, 0.5) is 11.5 Å². The largest absolute Gasteiger partial charge is 0.469 e. The molecule has 3 aromatic rings. The summed E-state index contributed by atoms with van der Waals surface area (Å²) in [6, 6.07) is 7.79. The van der Waals surface area contributed by atoms with Crippen molar-refractivity contribution in [2.24, 2.45) is 0 Å². The van der Waals surface area contributed by atoms with Gasteiger partial charge < -0.3 is 19.6 Å². The summed E-state index contributed by atoms with van der Waals surface area (Å²) in [5.41, 5.74) is 3.47. The van der Waals surface area contributed by atoms with Gasteiger partial charge in [0.25, 0.3) is 5.91 Å². The number of ether oxygens (including phenoxy) is 1. The van der Waals surface area contributed by atoms with Crippen molar-refractivity contribution in [2.75, 3.05) is 24.7 Å². The molecule has 1 aromatic carbocycles. The van der Waals surface area contributed by atoms with E-state index in [4.69, 9.17) is 4.74 Å². The van der Waals surface area contributed by atoms with Gasteiger partial charge in [-0.25, -0.2) is 4.98 Å². The zero-order chi connectivity index (χ0) is 15.4. The highest BCUT2D eigenvalue weighted by molar-refractivity contribution is 5.95. The Kier molecular flexibility index (Phi) is 2.47. The topological polar surface area (TPSA) is 77.2 Å². The highest BCUT2D eigenvalue weighted by Gasteiger charge is 2.29. The second-order valence-corrected chi connectivity index (χ2v) is 5.85. The van der Waals surface area contributed by atoms with Crippen molar-refractivity contribution >= 4 is 28.4 Å². The third kappa shape index (κ3) is 1.82. The molecule has 1 amide bonds. The van der Waals surface area contributed by atoms with Crippen molar-refractivity contribution in [3.63, 3.8) is 0 Å². The summed E-state index contributed by atoms with van der Waals surface area (Å²) in [4.78, 5) is 26.7. The minimum Gasteiger partial charge on any atom is -0.469 e. The van der Waals surface area contributed by atoms with Crippen molar-refractivity contribution in [3.8, 4) is 5.75 Å². The summed E-state index contributed by atoms with van der Waals surface area (Å²) >= 11 is 0. The van der Waals surface area contributed by atoms with Crippen LogP contribution in [-0.4, -0.2) is 45.6 Å². The second-order valence-electron chi connectivity index (χ2n) is 5.85. The Balaban J connectivity index is 1.50. The first kappa shape index (κ1) is 12.6. The van der Waals surface area contributed by atoms with E-state index < -0.39 is 0 Å². The van der Waals surface area contributed by atoms with E-state index in [2.05, 4.69) is 15.0 Å². The number of aromatic nitrogens is 3. The molecular formula is C16H15N5O2. The molecule has 2 N–H and O–H groups in total. The Bertz CT molecular complexity index is 908. The number of imidazole rings is 1. The minimum absolute atomic E-state index is 0.0400. The molecule has 23 heavy (non-hydrogen) atoms. The molecule has 2 aliphatic heterocycles. The van der Waals surface area contributed by atoms with Gasteiger partial charge in [-0.05, 0) is 24.6 Å². The Hall–Kier alpha value is -2.96. The van der Waals surface area contributed by atoms with E-state index in [0.717, 1.165) is 47.8 Å². The molecule has 7 heteroatoms. The second kappa shape index (κ2) is 4.52. The van der Waals surface area contributed by atoms with Crippen molar-refractivity contribution in [3.05, 3.63) is 36.3 Å². The van der Waals surface area contributed by atoms with Gasteiger partial charge in [-0.3, -0.25) is 9.69 Å². The van der Waals surface area contributed by atoms with Crippen LogP contribution in [0.25, 0.3) is 11.0 Å². The molecule has 7 nitrogen and oxygen atoms in total. The predicted molar refractivity (Wildman–Crippen MR) is 85.0 cm³/mol. The number of carbonyl (C=O) groups is 1. The Morgan fingerprint density at radius 1 is 1.26 bits per heavy atom. The zero-order valence-corrected chi connectivity index (χ0v) is 12.4. The minimum atomic E-state index is 0.0400. The normalized spacial score (nSPS) is 16.3. The molecule has 116 valence electrons. The number of fused-ring (bicyclic) bond motifs is 2. The maximum Gasteiger partial charge on any atom is 0.270 e. The van der Waals surface area contributed by atoms with E-state index in [0.29, 0.717) is 12.4 Å². The molecule has 0 saturated carbocycles. The number of benzene rings is 1. The number of hydrogen-bond donors (Lipinski definition) is 2. The molecule has 5 rings (SSSR count). The lowest BCUT2D eigenvalue weighted by molar-refractivity contribution is 0.0646. The third-order valence-corrected chi connectivity index (χ3v) is 4.47. The van der Waals surface area contributed by atoms with Crippen LogP contribution in [0.5, 0.6) is 5.75 Å². The number of hydrogen-bond acceptors (Lipinski definition) is 4. The van der Waals surface area contributed by atoms with Gasteiger partial charge in [0, 0.05) is 24.8 Å². The van der Waals surface area contributed by atoms with Crippen LogP contribution < -0.4 is 9.64 Å². The molecule has 0 atom stereocenters. The summed E-state index contributed by atoms with van der Waals surface area (Å²) < 4.78 is 5.72. The number of nitrogens with one attached hydrogen (secondary N) is 2. The predicted octanol–water partition coefficient (Wildman–Crippen LogP) is 2.22. The number of anilines is 2. The zero-order valence-electron chi connectivity index (χ0n) is 12.4. The summed E-state index contributed by atoms with van der Waals surface area (Å²) in [5, 5.41) is 0. The van der Waals surface area contributed by atoms with E-state index in [-0.39, 0.29) is 5.91 Å². The summed E-state index contributed by atoms with van der Waals surface area (Å²) in [6.45, 7) is 2.10. The molecule has 1 saturated heterocycles. The lowest BCUT2D eigenvalue weighted by Gasteiger charge is -2.30. The summed E-state index contributed by atoms with van der Waals surface area (Å²) in [5.74, 6) is 1.59. The number of carbonyl (C=O) groups excluding carboxylic acids is 1. The van der Waals surface area contributed by atoms with Crippen LogP contribution in [0.1, 0.15) is 16.9 Å². The number of H-pyrrole nitrogens is 2. The average Bonchev–Trinajstić information content (AvgIpc) is 3.19. The SMILES string of the molecule is O=C(c1cc2c([nH]1)N(c1ccc3nc[nH]c3c1)CO2)N1CCC1. The van der Waals surface area contributed by atoms with Gasteiger partial charge in [0.2, 0.25) is 0 Å². The maximum atomic E-state index is 12.3. The number of nitrogens with zero attached hydrogens (tertiary/aromatic N) is 3. The number of amides is 1. The standard InChI is InChI=1S/C16H15N5O2/c22-16(20-4-1-5-20)13-7-14-15(19-13)21(9-23-14)10-2-3-11-12(6-10)18-8-17-11/h2-3,6-8,19H,1,4-5,9H2,(H,17,18). The first-order chi connectivity index (χ1) is 11.3. The van der Waals surface area contributed by atoms with Gasteiger partial charge in [0.1, 0.15) is 5.69 Å². The lowest BCUT2D eigenvalue weighted by Crippen LogP contribution is -2.42. The van der Waals surface area contributed by atoms with Gasteiger partial charge in [0.05, 0.1) is 17.4 Å². The molecule has 4 heterocycles. The monoisotopic (exact) mass is 309 g/mol. The van der Waals surface area contributed by atoms with Crippen molar-refractivity contribution in [2.45, 2.75) is 6.42 Å². The third-order valence-electron chi connectivity index (χ3n) is 4.47. The van der Waals surface area contributed by atoms with Crippen LogP contribution >= 0.6 is 0 Å². The van der Waals surface area contributed by atoms with E-state index in [1.54, 1.807) is 12.4 Å². The smallest absolute Gasteiger partial charge is 0.270 e. The quantitative estimate of drug-likeness (QED) is 0.761.